The van der Waals surface area contributed by atoms with E-state index in [9.17, 15) is 0 Å². The summed E-state index contributed by atoms with van der Waals surface area (Å²) in [4.78, 5) is 3.86. The summed E-state index contributed by atoms with van der Waals surface area (Å²) in [6.07, 6.45) is 0. The van der Waals surface area contributed by atoms with Crippen molar-refractivity contribution in [2.75, 3.05) is 23.9 Å². The van der Waals surface area contributed by atoms with Crippen LogP contribution in [0.2, 0.25) is 0 Å². The third kappa shape index (κ3) is 2.28. The molecule has 96 valence electrons. The fourth-order valence-corrected chi connectivity index (χ4v) is 3.63. The number of thiophene rings is 2. The minimum Gasteiger partial charge on any atom is -0.307 e. The minimum absolute atomic E-state index is 0.492. The molecule has 2 aromatic heterocycles. The van der Waals surface area contributed by atoms with Crippen LogP contribution in [-0.2, 0) is 0 Å². The van der Waals surface area contributed by atoms with Gasteiger partial charge in [0, 0.05) is 14.1 Å². The lowest BCUT2D eigenvalue weighted by Crippen LogP contribution is -2.39. The normalized spacial score (nSPS) is 10.4. The van der Waals surface area contributed by atoms with E-state index in [0.717, 1.165) is 10.0 Å². The molecular weight excluding hydrogens is 262 g/mol. The maximum atomic E-state index is 8.31. The first-order valence-corrected chi connectivity index (χ1v) is 7.42. The molecule has 0 unspecified atom stereocenters. The molecule has 3 nitrogen and oxygen atoms in total. The second-order valence-electron chi connectivity index (χ2n) is 4.26. The van der Waals surface area contributed by atoms with Gasteiger partial charge in [-0.2, -0.15) is 0 Å². The summed E-state index contributed by atoms with van der Waals surface area (Å²) in [5, 5.41) is 14.7. The second-order valence-corrected chi connectivity index (χ2v) is 6.05. The van der Waals surface area contributed by atoms with Gasteiger partial charge in [0.1, 0.15) is 10.0 Å². The van der Waals surface area contributed by atoms with Gasteiger partial charge in [0.15, 0.2) is 0 Å². The number of hydrogen-bond donors (Lipinski definition) is 1. The maximum absolute atomic E-state index is 8.31. The van der Waals surface area contributed by atoms with Crippen LogP contribution in [0.1, 0.15) is 11.1 Å². The first-order chi connectivity index (χ1) is 8.52. The van der Waals surface area contributed by atoms with Crippen LogP contribution in [0.15, 0.2) is 22.9 Å². The number of hydrogen-bond acceptors (Lipinski definition) is 3. The van der Waals surface area contributed by atoms with Crippen LogP contribution in [0.4, 0.5) is 10.0 Å². The highest BCUT2D eigenvalue weighted by molar-refractivity contribution is 7.15. The molecule has 2 heterocycles. The number of rotatable bonds is 2. The van der Waals surface area contributed by atoms with Gasteiger partial charge < -0.3 is 9.80 Å². The smallest absolute Gasteiger partial charge is 0.203 e. The highest BCUT2D eigenvalue weighted by Crippen LogP contribution is 2.30. The summed E-state index contributed by atoms with van der Waals surface area (Å²) >= 11 is 3.33. The van der Waals surface area contributed by atoms with E-state index in [1.807, 2.05) is 23.9 Å². The zero-order valence-electron chi connectivity index (χ0n) is 11.0. The Labute approximate surface area is 116 Å². The molecule has 0 radical (unpaired) electrons. The predicted octanol–water partition coefficient (Wildman–Crippen LogP) is 3.93. The van der Waals surface area contributed by atoms with E-state index < -0.39 is 0 Å². The Morgan fingerprint density at radius 3 is 1.61 bits per heavy atom. The van der Waals surface area contributed by atoms with Gasteiger partial charge in [-0.25, -0.2) is 0 Å². The highest BCUT2D eigenvalue weighted by Gasteiger charge is 2.17. The number of nitrogens with one attached hydrogen (secondary N) is 1. The van der Waals surface area contributed by atoms with Crippen molar-refractivity contribution >= 4 is 38.6 Å². The molecule has 0 aromatic carbocycles. The number of aryl methyl sites for hydroxylation is 2. The quantitative estimate of drug-likeness (QED) is 0.667. The molecule has 2 aromatic rings. The van der Waals surface area contributed by atoms with E-state index in [1.165, 1.54) is 11.1 Å². The number of guanidine groups is 1. The van der Waals surface area contributed by atoms with Crippen molar-refractivity contribution in [2.24, 2.45) is 0 Å². The van der Waals surface area contributed by atoms with E-state index >= 15 is 0 Å². The van der Waals surface area contributed by atoms with Crippen molar-refractivity contribution in [1.82, 2.24) is 0 Å². The summed E-state index contributed by atoms with van der Waals surface area (Å²) in [6.45, 7) is 4.15. The molecule has 5 heteroatoms. The van der Waals surface area contributed by atoms with E-state index in [0.29, 0.717) is 5.96 Å². The zero-order chi connectivity index (χ0) is 13.3. The molecule has 0 saturated heterocycles. The van der Waals surface area contributed by atoms with Gasteiger partial charge in [0.05, 0.1) is 0 Å². The van der Waals surface area contributed by atoms with Crippen molar-refractivity contribution < 1.29 is 0 Å². The third-order valence-electron chi connectivity index (χ3n) is 2.91. The molecule has 0 aliphatic heterocycles. The zero-order valence-corrected chi connectivity index (χ0v) is 12.7. The lowest BCUT2D eigenvalue weighted by atomic mass is 10.3. The van der Waals surface area contributed by atoms with Crippen LogP contribution in [0.3, 0.4) is 0 Å². The second kappa shape index (κ2) is 5.12. The van der Waals surface area contributed by atoms with Gasteiger partial charge in [-0.05, 0) is 47.9 Å². The molecule has 0 bridgehead atoms. The number of anilines is 2. The van der Waals surface area contributed by atoms with Crippen LogP contribution in [-0.4, -0.2) is 20.1 Å². The molecular formula is C13H17N3S2. The lowest BCUT2D eigenvalue weighted by molar-refractivity contribution is 1.13. The van der Waals surface area contributed by atoms with Crippen molar-refractivity contribution in [3.05, 3.63) is 34.0 Å². The van der Waals surface area contributed by atoms with E-state index in [1.54, 1.807) is 22.7 Å². The Morgan fingerprint density at radius 1 is 0.944 bits per heavy atom. The molecule has 0 fully saturated rings. The van der Waals surface area contributed by atoms with Gasteiger partial charge in [0.25, 0.3) is 0 Å². The Hall–Kier alpha value is -1.33. The Bertz CT molecular complexity index is 508. The summed E-state index contributed by atoms with van der Waals surface area (Å²) < 4.78 is 0. The molecule has 0 aliphatic rings. The van der Waals surface area contributed by atoms with Gasteiger partial charge >= 0.3 is 0 Å². The van der Waals surface area contributed by atoms with Crippen LogP contribution in [0, 0.1) is 19.3 Å². The Kier molecular flexibility index (Phi) is 3.73. The van der Waals surface area contributed by atoms with Gasteiger partial charge in [-0.3, -0.25) is 5.41 Å². The third-order valence-corrected chi connectivity index (χ3v) is 5.10. The molecule has 0 aliphatic carbocycles. The summed E-state index contributed by atoms with van der Waals surface area (Å²) in [5.41, 5.74) is 2.42. The van der Waals surface area contributed by atoms with Gasteiger partial charge in [-0.15, -0.1) is 22.7 Å². The molecule has 18 heavy (non-hydrogen) atoms. The minimum atomic E-state index is 0.492. The van der Waals surface area contributed by atoms with E-state index in [2.05, 4.69) is 36.7 Å². The molecule has 0 atom stereocenters. The number of nitrogens with zero attached hydrogens (tertiary/aromatic N) is 2. The maximum Gasteiger partial charge on any atom is 0.203 e. The Balaban J connectivity index is 2.22. The van der Waals surface area contributed by atoms with Crippen molar-refractivity contribution in [3.8, 4) is 0 Å². The first-order valence-electron chi connectivity index (χ1n) is 5.66. The van der Waals surface area contributed by atoms with Gasteiger partial charge in [0.2, 0.25) is 5.96 Å². The fraction of sp³-hybridized carbons (Fsp3) is 0.308. The van der Waals surface area contributed by atoms with Crippen LogP contribution < -0.4 is 9.80 Å². The van der Waals surface area contributed by atoms with Crippen LogP contribution in [0.5, 0.6) is 0 Å². The molecule has 2 rings (SSSR count). The largest absolute Gasteiger partial charge is 0.307 e. The molecule has 0 spiro atoms. The van der Waals surface area contributed by atoms with E-state index in [4.69, 9.17) is 5.41 Å². The summed E-state index contributed by atoms with van der Waals surface area (Å²) in [5.74, 6) is 0.492. The topological polar surface area (TPSA) is 30.3 Å². The first kappa shape index (κ1) is 13.1. The lowest BCUT2D eigenvalue weighted by Gasteiger charge is -2.27. The summed E-state index contributed by atoms with van der Waals surface area (Å²) in [6, 6.07) is 4.17. The van der Waals surface area contributed by atoms with Crippen LogP contribution in [0.25, 0.3) is 0 Å². The van der Waals surface area contributed by atoms with Crippen molar-refractivity contribution in [2.45, 2.75) is 13.8 Å². The molecule has 0 amide bonds. The summed E-state index contributed by atoms with van der Waals surface area (Å²) in [7, 11) is 3.89. The standard InChI is InChI=1S/C13H17N3S2/c1-9-5-7-17-11(9)15(3)13(14)16(4)12-10(2)6-8-18-12/h5-8,14H,1-4H3. The molecule has 0 saturated carbocycles. The predicted molar refractivity (Wildman–Crippen MR) is 82.6 cm³/mol. The SMILES string of the molecule is Cc1ccsc1N(C)C(=N)N(C)c1sccc1C. The van der Waals surface area contributed by atoms with Crippen LogP contribution >= 0.6 is 22.7 Å². The van der Waals surface area contributed by atoms with Gasteiger partial charge in [-0.1, -0.05) is 0 Å². The fourth-order valence-electron chi connectivity index (χ4n) is 1.83. The average molecular weight is 279 g/mol. The van der Waals surface area contributed by atoms with Crippen molar-refractivity contribution in [3.63, 3.8) is 0 Å². The van der Waals surface area contributed by atoms with E-state index in [-0.39, 0.29) is 0 Å². The average Bonchev–Trinajstić information content (AvgIpc) is 2.95. The molecule has 1 N–H and O–H groups in total. The monoisotopic (exact) mass is 279 g/mol. The van der Waals surface area contributed by atoms with Crippen molar-refractivity contribution in [1.29, 1.82) is 5.41 Å². The highest BCUT2D eigenvalue weighted by atomic mass is 32.1. The Morgan fingerprint density at radius 2 is 1.33 bits per heavy atom.